The molecule has 3 rings (SSSR count). The highest BCUT2D eigenvalue weighted by Gasteiger charge is 2.32. The van der Waals surface area contributed by atoms with Crippen LogP contribution >= 0.6 is 0 Å². The van der Waals surface area contributed by atoms with Crippen molar-refractivity contribution in [2.45, 2.75) is 19.1 Å². The van der Waals surface area contributed by atoms with E-state index < -0.39 is 18.1 Å². The smallest absolute Gasteiger partial charge is 0.410 e. The van der Waals surface area contributed by atoms with Crippen LogP contribution in [0.5, 0.6) is 0 Å². The molecule has 1 aliphatic rings. The third kappa shape index (κ3) is 6.78. The summed E-state index contributed by atoms with van der Waals surface area (Å²) in [6.45, 7) is 1.52. The normalized spacial score (nSPS) is 16.1. The Kier molecular flexibility index (Phi) is 7.98. The highest BCUT2D eigenvalue weighted by atomic mass is 16.6. The van der Waals surface area contributed by atoms with Crippen molar-refractivity contribution in [1.82, 2.24) is 9.80 Å². The Bertz CT molecular complexity index is 1010. The van der Waals surface area contributed by atoms with E-state index in [0.29, 0.717) is 25.3 Å². The minimum Gasteiger partial charge on any atom is -0.478 e. The number of carboxylic acids is 1. The third-order valence-corrected chi connectivity index (χ3v) is 5.33. The summed E-state index contributed by atoms with van der Waals surface area (Å²) in [6, 6.07) is 14.8. The van der Waals surface area contributed by atoms with E-state index in [1.54, 1.807) is 12.1 Å². The van der Waals surface area contributed by atoms with Gasteiger partial charge in [0.2, 0.25) is 5.91 Å². The van der Waals surface area contributed by atoms with Gasteiger partial charge < -0.3 is 25.8 Å². The zero-order valence-electron chi connectivity index (χ0n) is 18.1. The average Bonchev–Trinajstić information content (AvgIpc) is 2.81. The molecule has 10 nitrogen and oxygen atoms in total. The minimum absolute atomic E-state index is 0.0831. The van der Waals surface area contributed by atoms with Crippen molar-refractivity contribution in [1.29, 1.82) is 5.41 Å². The number of hydrogen-bond donors (Lipinski definition) is 4. The Labute approximate surface area is 191 Å². The van der Waals surface area contributed by atoms with Crippen molar-refractivity contribution in [2.75, 3.05) is 31.5 Å². The number of ether oxygens (including phenoxy) is 1. The molecule has 2 aromatic rings. The van der Waals surface area contributed by atoms with Crippen LogP contribution in [0.3, 0.4) is 0 Å². The van der Waals surface area contributed by atoms with Gasteiger partial charge in [0, 0.05) is 38.3 Å². The number of nitrogens with one attached hydrogen (secondary N) is 2. The van der Waals surface area contributed by atoms with Gasteiger partial charge in [-0.15, -0.1) is 0 Å². The Hall–Kier alpha value is -3.92. The van der Waals surface area contributed by atoms with Crippen molar-refractivity contribution in [3.63, 3.8) is 0 Å². The van der Waals surface area contributed by atoms with Gasteiger partial charge in [-0.3, -0.25) is 15.1 Å². The molecule has 1 unspecified atom stereocenters. The van der Waals surface area contributed by atoms with Crippen molar-refractivity contribution < 1.29 is 24.2 Å². The fourth-order valence-electron chi connectivity index (χ4n) is 3.56. The second-order valence-electron chi connectivity index (χ2n) is 7.68. The van der Waals surface area contributed by atoms with Gasteiger partial charge in [0.25, 0.3) is 0 Å². The van der Waals surface area contributed by atoms with Gasteiger partial charge in [-0.25, -0.2) is 9.59 Å². The maximum atomic E-state index is 12.5. The Morgan fingerprint density at radius 3 is 2.58 bits per heavy atom. The molecule has 174 valence electrons. The topological polar surface area (TPSA) is 149 Å². The summed E-state index contributed by atoms with van der Waals surface area (Å²) in [5.74, 6) is -1.45. The number of hydrogen-bond acceptors (Lipinski definition) is 6. The van der Waals surface area contributed by atoms with Crippen molar-refractivity contribution >= 4 is 29.5 Å². The molecular formula is C23H27N5O5. The van der Waals surface area contributed by atoms with E-state index in [4.69, 9.17) is 21.0 Å². The fourth-order valence-corrected chi connectivity index (χ4v) is 3.56. The SMILES string of the molecule is N=C(N)C1CN(C(=O)OCc2ccccc2)CCN1CCC(=O)Nc1cccc(C(=O)O)c1. The van der Waals surface area contributed by atoms with Gasteiger partial charge in [0.1, 0.15) is 12.4 Å². The number of nitrogens with zero attached hydrogens (tertiary/aromatic N) is 2. The number of carbonyl (C=O) groups is 3. The maximum absolute atomic E-state index is 12.5. The van der Waals surface area contributed by atoms with Crippen LogP contribution in [0.25, 0.3) is 0 Å². The van der Waals surface area contributed by atoms with E-state index in [1.165, 1.54) is 17.0 Å². The number of piperazine rings is 1. The first kappa shape index (κ1) is 23.7. The predicted octanol–water partition coefficient (Wildman–Crippen LogP) is 1.97. The van der Waals surface area contributed by atoms with Gasteiger partial charge in [-0.1, -0.05) is 36.4 Å². The van der Waals surface area contributed by atoms with E-state index in [1.807, 2.05) is 35.2 Å². The second kappa shape index (κ2) is 11.1. The van der Waals surface area contributed by atoms with Crippen LogP contribution in [-0.2, 0) is 16.1 Å². The lowest BCUT2D eigenvalue weighted by atomic mass is 10.1. The van der Waals surface area contributed by atoms with Crippen LogP contribution in [0.1, 0.15) is 22.3 Å². The van der Waals surface area contributed by atoms with E-state index in [0.717, 1.165) is 5.56 Å². The molecule has 10 heteroatoms. The number of nitrogens with two attached hydrogens (primary N) is 1. The van der Waals surface area contributed by atoms with Crippen LogP contribution in [0.2, 0.25) is 0 Å². The van der Waals surface area contributed by atoms with Crippen molar-refractivity contribution in [2.24, 2.45) is 5.73 Å². The van der Waals surface area contributed by atoms with Crippen molar-refractivity contribution in [3.8, 4) is 0 Å². The first-order valence-electron chi connectivity index (χ1n) is 10.5. The number of benzene rings is 2. The highest BCUT2D eigenvalue weighted by molar-refractivity contribution is 5.94. The first-order chi connectivity index (χ1) is 15.8. The molecule has 0 bridgehead atoms. The van der Waals surface area contributed by atoms with Crippen molar-refractivity contribution in [3.05, 3.63) is 65.7 Å². The average molecular weight is 453 g/mol. The number of aromatic carboxylic acids is 1. The summed E-state index contributed by atoms with van der Waals surface area (Å²) in [6.07, 6.45) is -0.347. The molecule has 0 saturated carbocycles. The van der Waals surface area contributed by atoms with Gasteiger partial charge in [-0.2, -0.15) is 0 Å². The van der Waals surface area contributed by atoms with Gasteiger partial charge in [-0.05, 0) is 23.8 Å². The second-order valence-corrected chi connectivity index (χ2v) is 7.68. The molecule has 1 saturated heterocycles. The number of carboxylic acid groups (broad SMARTS) is 1. The molecule has 1 fully saturated rings. The van der Waals surface area contributed by atoms with E-state index in [9.17, 15) is 14.4 Å². The molecular weight excluding hydrogens is 426 g/mol. The van der Waals surface area contributed by atoms with Gasteiger partial charge in [0.15, 0.2) is 0 Å². The van der Waals surface area contributed by atoms with E-state index >= 15 is 0 Å². The van der Waals surface area contributed by atoms with Gasteiger partial charge >= 0.3 is 12.1 Å². The highest BCUT2D eigenvalue weighted by Crippen LogP contribution is 2.14. The van der Waals surface area contributed by atoms with Crippen LogP contribution in [-0.4, -0.2) is 70.9 Å². The number of carbonyl (C=O) groups excluding carboxylic acids is 2. The number of anilines is 1. The van der Waals surface area contributed by atoms with Crippen LogP contribution in [0.4, 0.5) is 10.5 Å². The largest absolute Gasteiger partial charge is 0.478 e. The van der Waals surface area contributed by atoms with Gasteiger partial charge in [0.05, 0.1) is 11.6 Å². The summed E-state index contributed by atoms with van der Waals surface area (Å²) in [5.41, 5.74) is 7.13. The molecule has 0 radical (unpaired) electrons. The molecule has 1 heterocycles. The maximum Gasteiger partial charge on any atom is 0.410 e. The lowest BCUT2D eigenvalue weighted by molar-refractivity contribution is -0.116. The molecule has 0 aromatic heterocycles. The molecule has 0 spiro atoms. The molecule has 1 aliphatic heterocycles. The van der Waals surface area contributed by atoms with Crippen LogP contribution in [0.15, 0.2) is 54.6 Å². The molecule has 2 amide bonds. The van der Waals surface area contributed by atoms with E-state index in [2.05, 4.69) is 5.32 Å². The van der Waals surface area contributed by atoms with E-state index in [-0.39, 0.29) is 36.9 Å². The number of amidine groups is 1. The summed E-state index contributed by atoms with van der Waals surface area (Å²) >= 11 is 0. The Balaban J connectivity index is 1.50. The zero-order chi connectivity index (χ0) is 23.8. The predicted molar refractivity (Wildman–Crippen MR) is 122 cm³/mol. The zero-order valence-corrected chi connectivity index (χ0v) is 18.1. The molecule has 1 atom stereocenters. The Morgan fingerprint density at radius 1 is 1.12 bits per heavy atom. The summed E-state index contributed by atoms with van der Waals surface area (Å²) in [5, 5.41) is 19.7. The Morgan fingerprint density at radius 2 is 1.88 bits per heavy atom. The first-order valence-corrected chi connectivity index (χ1v) is 10.5. The minimum atomic E-state index is -1.07. The van der Waals surface area contributed by atoms with Crippen LogP contribution in [0, 0.1) is 5.41 Å². The third-order valence-electron chi connectivity index (χ3n) is 5.33. The number of rotatable bonds is 8. The molecule has 0 aliphatic carbocycles. The quantitative estimate of drug-likeness (QED) is 0.353. The summed E-state index contributed by atoms with van der Waals surface area (Å²) < 4.78 is 5.37. The molecule has 33 heavy (non-hydrogen) atoms. The summed E-state index contributed by atoms with van der Waals surface area (Å²) in [7, 11) is 0. The molecule has 2 aromatic carbocycles. The monoisotopic (exact) mass is 453 g/mol. The lowest BCUT2D eigenvalue weighted by Crippen LogP contribution is -2.59. The lowest BCUT2D eigenvalue weighted by Gasteiger charge is -2.40. The van der Waals surface area contributed by atoms with Crippen LogP contribution < -0.4 is 11.1 Å². The summed E-state index contributed by atoms with van der Waals surface area (Å²) in [4.78, 5) is 39.3. The molecule has 5 N–H and O–H groups in total. The fraction of sp³-hybridized carbons (Fsp3) is 0.304. The standard InChI is InChI=1S/C23H27N5O5/c24-21(25)19-14-28(23(32)33-15-16-5-2-1-3-6-16)12-11-27(19)10-9-20(29)26-18-8-4-7-17(13-18)22(30)31/h1-8,13,19H,9-12,14-15H2,(H3,24,25)(H,26,29)(H,30,31). The number of amides is 2.